The largest absolute Gasteiger partial charge is 0.497 e. The van der Waals surface area contributed by atoms with Gasteiger partial charge in [0.1, 0.15) is 5.75 Å². The van der Waals surface area contributed by atoms with Crippen LogP contribution in [0.1, 0.15) is 13.3 Å². The molecule has 1 aromatic carbocycles. The Bertz CT molecular complexity index is 326. The fourth-order valence-electron chi connectivity index (χ4n) is 2.22. The number of likely N-dealkylation sites (tertiary alicyclic amines) is 1. The molecule has 1 aliphatic heterocycles. The lowest BCUT2D eigenvalue weighted by Gasteiger charge is -2.14. The predicted molar refractivity (Wildman–Crippen MR) is 67.1 cm³/mol. The van der Waals surface area contributed by atoms with Crippen LogP contribution in [-0.2, 0) is 0 Å². The minimum atomic E-state index is 0.563. The first-order valence-corrected chi connectivity index (χ1v) is 5.80. The fourth-order valence-corrected chi connectivity index (χ4v) is 2.22. The quantitative estimate of drug-likeness (QED) is 0.845. The van der Waals surface area contributed by atoms with Crippen molar-refractivity contribution in [2.24, 2.45) is 0 Å². The van der Waals surface area contributed by atoms with Gasteiger partial charge in [0.25, 0.3) is 0 Å². The molecule has 16 heavy (non-hydrogen) atoms. The molecule has 0 spiro atoms. The van der Waals surface area contributed by atoms with E-state index in [1.165, 1.54) is 12.1 Å². The summed E-state index contributed by atoms with van der Waals surface area (Å²) in [5.41, 5.74) is 1.17. The normalized spacial score (nSPS) is 25.7. The van der Waals surface area contributed by atoms with E-state index < -0.39 is 0 Å². The summed E-state index contributed by atoms with van der Waals surface area (Å²) in [6.45, 7) is 3.39. The van der Waals surface area contributed by atoms with Crippen LogP contribution in [0.4, 0.5) is 5.69 Å². The van der Waals surface area contributed by atoms with Crippen LogP contribution in [0.3, 0.4) is 0 Å². The highest BCUT2D eigenvalue weighted by atomic mass is 16.5. The summed E-state index contributed by atoms with van der Waals surface area (Å²) in [7, 11) is 3.87. The van der Waals surface area contributed by atoms with Gasteiger partial charge in [-0.05, 0) is 44.7 Å². The van der Waals surface area contributed by atoms with Crippen LogP contribution >= 0.6 is 0 Å². The number of methoxy groups -OCH3 is 1. The van der Waals surface area contributed by atoms with Gasteiger partial charge in [0.05, 0.1) is 7.11 Å². The molecule has 88 valence electrons. The first-order chi connectivity index (χ1) is 7.69. The fraction of sp³-hybridized carbons (Fsp3) is 0.538. The third-order valence-electron chi connectivity index (χ3n) is 3.35. The molecule has 1 fully saturated rings. The Morgan fingerprint density at radius 1 is 1.31 bits per heavy atom. The van der Waals surface area contributed by atoms with E-state index in [4.69, 9.17) is 4.74 Å². The van der Waals surface area contributed by atoms with E-state index in [2.05, 4.69) is 36.3 Å². The highest BCUT2D eigenvalue weighted by Crippen LogP contribution is 2.21. The monoisotopic (exact) mass is 220 g/mol. The maximum atomic E-state index is 5.14. The Hall–Kier alpha value is -1.22. The first-order valence-electron chi connectivity index (χ1n) is 5.80. The van der Waals surface area contributed by atoms with Crippen LogP contribution in [0.25, 0.3) is 0 Å². The van der Waals surface area contributed by atoms with Crippen LogP contribution in [0.15, 0.2) is 24.3 Å². The Labute approximate surface area is 97.4 Å². The van der Waals surface area contributed by atoms with Crippen molar-refractivity contribution >= 4 is 5.69 Å². The van der Waals surface area contributed by atoms with Crippen molar-refractivity contribution in [3.05, 3.63) is 24.3 Å². The maximum absolute atomic E-state index is 5.14. The molecule has 0 radical (unpaired) electrons. The molecule has 0 aromatic heterocycles. The summed E-state index contributed by atoms with van der Waals surface area (Å²) in [4.78, 5) is 2.39. The molecule has 2 unspecified atom stereocenters. The summed E-state index contributed by atoms with van der Waals surface area (Å²) in [6.07, 6.45) is 1.21. The van der Waals surface area contributed by atoms with Crippen molar-refractivity contribution in [2.75, 3.05) is 26.0 Å². The number of rotatable bonds is 3. The van der Waals surface area contributed by atoms with E-state index in [0.29, 0.717) is 12.1 Å². The molecule has 2 rings (SSSR count). The summed E-state index contributed by atoms with van der Waals surface area (Å²) < 4.78 is 5.14. The van der Waals surface area contributed by atoms with Gasteiger partial charge in [-0.15, -0.1) is 0 Å². The van der Waals surface area contributed by atoms with E-state index in [-0.39, 0.29) is 0 Å². The minimum Gasteiger partial charge on any atom is -0.497 e. The van der Waals surface area contributed by atoms with E-state index in [1.54, 1.807) is 7.11 Å². The van der Waals surface area contributed by atoms with Gasteiger partial charge in [-0.2, -0.15) is 0 Å². The lowest BCUT2D eigenvalue weighted by molar-refractivity contribution is 0.330. The maximum Gasteiger partial charge on any atom is 0.119 e. The summed E-state index contributed by atoms with van der Waals surface area (Å²) in [6, 6.07) is 9.36. The van der Waals surface area contributed by atoms with Gasteiger partial charge in [0, 0.05) is 24.3 Å². The number of hydrogen-bond donors (Lipinski definition) is 1. The zero-order valence-corrected chi connectivity index (χ0v) is 10.2. The van der Waals surface area contributed by atoms with Crippen LogP contribution in [0, 0.1) is 0 Å². The van der Waals surface area contributed by atoms with E-state index in [0.717, 1.165) is 12.3 Å². The second kappa shape index (κ2) is 4.74. The molecule has 1 saturated heterocycles. The molecule has 0 saturated carbocycles. The Kier molecular flexibility index (Phi) is 3.34. The van der Waals surface area contributed by atoms with E-state index in [9.17, 15) is 0 Å². The number of benzene rings is 1. The Balaban J connectivity index is 1.94. The smallest absolute Gasteiger partial charge is 0.119 e. The zero-order valence-electron chi connectivity index (χ0n) is 10.2. The molecule has 0 amide bonds. The molecule has 2 atom stereocenters. The third-order valence-corrected chi connectivity index (χ3v) is 3.35. The molecule has 1 aliphatic rings. The number of nitrogens with zero attached hydrogens (tertiary/aromatic N) is 1. The zero-order chi connectivity index (χ0) is 11.5. The average molecular weight is 220 g/mol. The summed E-state index contributed by atoms with van der Waals surface area (Å²) in [5, 5.41) is 3.56. The average Bonchev–Trinajstić information content (AvgIpc) is 2.59. The molecule has 1 heterocycles. The predicted octanol–water partition coefficient (Wildman–Crippen LogP) is 2.20. The second-order valence-electron chi connectivity index (χ2n) is 4.59. The van der Waals surface area contributed by atoms with Gasteiger partial charge in [0.15, 0.2) is 0 Å². The molecule has 0 aliphatic carbocycles. The first kappa shape index (κ1) is 11.3. The standard InChI is InChI=1S/C13H20N2O/c1-10-8-12(9-15(10)2)14-11-4-6-13(16-3)7-5-11/h4-7,10,12,14H,8-9H2,1-3H3. The van der Waals surface area contributed by atoms with Gasteiger partial charge >= 0.3 is 0 Å². The molecular weight excluding hydrogens is 200 g/mol. The van der Waals surface area contributed by atoms with Crippen molar-refractivity contribution in [2.45, 2.75) is 25.4 Å². The summed E-state index contributed by atoms with van der Waals surface area (Å²) >= 11 is 0. The lowest BCUT2D eigenvalue weighted by atomic mass is 10.2. The number of likely N-dealkylation sites (N-methyl/N-ethyl adjacent to an activating group) is 1. The molecular formula is C13H20N2O. The molecule has 1 N–H and O–H groups in total. The van der Waals surface area contributed by atoms with E-state index >= 15 is 0 Å². The van der Waals surface area contributed by atoms with Crippen LogP contribution in [-0.4, -0.2) is 37.7 Å². The lowest BCUT2D eigenvalue weighted by Crippen LogP contribution is -2.24. The topological polar surface area (TPSA) is 24.5 Å². The van der Waals surface area contributed by atoms with Gasteiger partial charge in [-0.3, -0.25) is 0 Å². The van der Waals surface area contributed by atoms with Crippen molar-refractivity contribution in [3.63, 3.8) is 0 Å². The number of nitrogens with one attached hydrogen (secondary N) is 1. The molecule has 1 aromatic rings. The number of hydrogen-bond acceptors (Lipinski definition) is 3. The highest BCUT2D eigenvalue weighted by molar-refractivity contribution is 5.47. The Morgan fingerprint density at radius 3 is 2.50 bits per heavy atom. The highest BCUT2D eigenvalue weighted by Gasteiger charge is 2.25. The Morgan fingerprint density at radius 2 is 2.00 bits per heavy atom. The second-order valence-corrected chi connectivity index (χ2v) is 4.59. The SMILES string of the molecule is COc1ccc(NC2CC(C)N(C)C2)cc1. The van der Waals surface area contributed by atoms with Gasteiger partial charge in [-0.1, -0.05) is 0 Å². The minimum absolute atomic E-state index is 0.563. The molecule has 3 heteroatoms. The van der Waals surface area contributed by atoms with Crippen molar-refractivity contribution in [1.82, 2.24) is 4.90 Å². The third kappa shape index (κ3) is 2.47. The van der Waals surface area contributed by atoms with Crippen LogP contribution in [0.2, 0.25) is 0 Å². The van der Waals surface area contributed by atoms with Gasteiger partial charge in [0.2, 0.25) is 0 Å². The molecule has 0 bridgehead atoms. The van der Waals surface area contributed by atoms with Gasteiger partial charge in [-0.25, -0.2) is 0 Å². The number of ether oxygens (including phenoxy) is 1. The van der Waals surface area contributed by atoms with Crippen molar-refractivity contribution in [3.8, 4) is 5.75 Å². The van der Waals surface area contributed by atoms with Gasteiger partial charge < -0.3 is 15.0 Å². The van der Waals surface area contributed by atoms with Crippen molar-refractivity contribution < 1.29 is 4.74 Å². The van der Waals surface area contributed by atoms with E-state index in [1.807, 2.05) is 12.1 Å². The van der Waals surface area contributed by atoms with Crippen molar-refractivity contribution in [1.29, 1.82) is 0 Å². The molecule has 3 nitrogen and oxygen atoms in total. The van der Waals surface area contributed by atoms with Crippen LogP contribution in [0.5, 0.6) is 5.75 Å². The number of anilines is 1. The van der Waals surface area contributed by atoms with Crippen LogP contribution < -0.4 is 10.1 Å². The summed E-state index contributed by atoms with van der Waals surface area (Å²) in [5.74, 6) is 0.905.